The number of nitrogens with one attached hydrogen (secondary N) is 1. The Morgan fingerprint density at radius 3 is 2.76 bits per heavy atom. The van der Waals surface area contributed by atoms with Gasteiger partial charge in [-0.1, -0.05) is 12.1 Å². The molecule has 1 N–H and O–H groups in total. The highest BCUT2D eigenvalue weighted by Gasteiger charge is 2.19. The topological polar surface area (TPSA) is 81.9 Å². The van der Waals surface area contributed by atoms with E-state index in [1.807, 2.05) is 69.6 Å². The summed E-state index contributed by atoms with van der Waals surface area (Å²) in [4.78, 5) is 21.1. The molecule has 0 spiro atoms. The van der Waals surface area contributed by atoms with Crippen molar-refractivity contribution in [1.29, 1.82) is 0 Å². The summed E-state index contributed by atoms with van der Waals surface area (Å²) in [6.07, 6.45) is -0.552. The van der Waals surface area contributed by atoms with Gasteiger partial charge >= 0.3 is 6.09 Å². The van der Waals surface area contributed by atoms with E-state index in [0.717, 1.165) is 27.2 Å². The van der Waals surface area contributed by atoms with E-state index in [9.17, 15) is 4.79 Å². The number of ether oxygens (including phenoxy) is 1. The van der Waals surface area contributed by atoms with Gasteiger partial charge in [0.25, 0.3) is 0 Å². The molecule has 0 bridgehead atoms. The van der Waals surface area contributed by atoms with Crippen molar-refractivity contribution in [2.75, 3.05) is 5.32 Å². The summed E-state index contributed by atoms with van der Waals surface area (Å²) >= 11 is 1.58. The van der Waals surface area contributed by atoms with Crippen LogP contribution in [0.3, 0.4) is 0 Å². The van der Waals surface area contributed by atoms with Crippen molar-refractivity contribution in [2.45, 2.75) is 33.3 Å². The molecule has 0 aliphatic rings. The van der Waals surface area contributed by atoms with Gasteiger partial charge in [-0.25, -0.2) is 19.4 Å². The third kappa shape index (κ3) is 4.27. The molecule has 8 heteroatoms. The SMILES string of the molecule is Cc1cccc(-n2nc(NC(=O)OC(C)(C)C)cc2-c2ccc3ncsc3c2)n1. The number of benzene rings is 1. The van der Waals surface area contributed by atoms with Crippen molar-refractivity contribution < 1.29 is 9.53 Å². The number of hydrogen-bond donors (Lipinski definition) is 1. The molecule has 0 saturated carbocycles. The van der Waals surface area contributed by atoms with Gasteiger partial charge in [0.1, 0.15) is 5.60 Å². The molecule has 0 aliphatic carbocycles. The van der Waals surface area contributed by atoms with E-state index in [1.54, 1.807) is 16.0 Å². The van der Waals surface area contributed by atoms with Gasteiger partial charge < -0.3 is 4.74 Å². The minimum Gasteiger partial charge on any atom is -0.444 e. The first-order valence-electron chi connectivity index (χ1n) is 9.16. The normalized spacial score (nSPS) is 11.6. The lowest BCUT2D eigenvalue weighted by Gasteiger charge is -2.19. The molecule has 3 heterocycles. The van der Waals surface area contributed by atoms with Crippen molar-refractivity contribution in [1.82, 2.24) is 19.7 Å². The Morgan fingerprint density at radius 2 is 2.00 bits per heavy atom. The number of anilines is 1. The fraction of sp³-hybridized carbons (Fsp3) is 0.238. The molecule has 0 saturated heterocycles. The molecular weight excluding hydrogens is 386 g/mol. The van der Waals surface area contributed by atoms with Crippen molar-refractivity contribution in [3.63, 3.8) is 0 Å². The van der Waals surface area contributed by atoms with E-state index in [0.29, 0.717) is 11.6 Å². The lowest BCUT2D eigenvalue weighted by Crippen LogP contribution is -2.27. The number of carbonyl (C=O) groups excluding carboxylic acids is 1. The van der Waals surface area contributed by atoms with Gasteiger partial charge in [0.15, 0.2) is 11.6 Å². The summed E-state index contributed by atoms with van der Waals surface area (Å²) in [6, 6.07) is 13.6. The smallest absolute Gasteiger partial charge is 0.413 e. The van der Waals surface area contributed by atoms with Crippen LogP contribution < -0.4 is 5.32 Å². The number of pyridine rings is 1. The van der Waals surface area contributed by atoms with E-state index in [4.69, 9.17) is 4.74 Å². The lowest BCUT2D eigenvalue weighted by molar-refractivity contribution is 0.0635. The van der Waals surface area contributed by atoms with E-state index in [-0.39, 0.29) is 0 Å². The van der Waals surface area contributed by atoms with Crippen LogP contribution in [0.4, 0.5) is 10.6 Å². The number of thiazole rings is 1. The number of amides is 1. The van der Waals surface area contributed by atoms with Crippen molar-refractivity contribution >= 4 is 33.5 Å². The molecule has 0 unspecified atom stereocenters. The number of rotatable bonds is 3. The maximum absolute atomic E-state index is 12.2. The first kappa shape index (κ1) is 19.1. The number of carbonyl (C=O) groups is 1. The predicted octanol–water partition coefficient (Wildman–Crippen LogP) is 5.20. The molecule has 148 valence electrons. The van der Waals surface area contributed by atoms with Gasteiger partial charge in [0, 0.05) is 17.3 Å². The predicted molar refractivity (Wildman–Crippen MR) is 115 cm³/mol. The summed E-state index contributed by atoms with van der Waals surface area (Å²) in [7, 11) is 0. The van der Waals surface area contributed by atoms with Gasteiger partial charge in [-0.3, -0.25) is 5.32 Å². The quantitative estimate of drug-likeness (QED) is 0.505. The zero-order valence-corrected chi connectivity index (χ0v) is 17.4. The van der Waals surface area contributed by atoms with Gasteiger partial charge in [-0.15, -0.1) is 16.4 Å². The van der Waals surface area contributed by atoms with E-state index in [2.05, 4.69) is 26.4 Å². The standard InChI is InChI=1S/C21H21N5O2S/c1-13-6-5-7-19(23-13)26-16(14-8-9-15-17(10-14)29-12-22-15)11-18(25-26)24-20(27)28-21(2,3)4/h5-12H,1-4H3,(H,24,25,27). The molecule has 3 aromatic heterocycles. The van der Waals surface area contributed by atoms with Gasteiger partial charge in [0.05, 0.1) is 21.4 Å². The van der Waals surface area contributed by atoms with Gasteiger partial charge in [-0.2, -0.15) is 0 Å². The van der Waals surface area contributed by atoms with Crippen LogP contribution in [0.5, 0.6) is 0 Å². The molecular formula is C21H21N5O2S. The largest absolute Gasteiger partial charge is 0.444 e. The molecule has 0 fully saturated rings. The number of nitrogens with zero attached hydrogens (tertiary/aromatic N) is 4. The average Bonchev–Trinajstić information content (AvgIpc) is 3.26. The maximum Gasteiger partial charge on any atom is 0.413 e. The third-order valence-electron chi connectivity index (χ3n) is 4.06. The highest BCUT2D eigenvalue weighted by Crippen LogP contribution is 2.29. The Hall–Kier alpha value is -3.26. The number of fused-ring (bicyclic) bond motifs is 1. The third-order valence-corrected chi connectivity index (χ3v) is 4.85. The minimum atomic E-state index is -0.592. The summed E-state index contributed by atoms with van der Waals surface area (Å²) in [5, 5.41) is 7.28. The zero-order chi connectivity index (χ0) is 20.6. The molecule has 0 aliphatic heterocycles. The van der Waals surface area contributed by atoms with Crippen LogP contribution in [0.1, 0.15) is 26.5 Å². The maximum atomic E-state index is 12.2. The Labute approximate surface area is 172 Å². The Balaban J connectivity index is 1.77. The van der Waals surface area contributed by atoms with E-state index >= 15 is 0 Å². The molecule has 1 amide bonds. The van der Waals surface area contributed by atoms with Crippen molar-refractivity contribution in [3.8, 4) is 17.1 Å². The van der Waals surface area contributed by atoms with Crippen LogP contribution in [-0.2, 0) is 4.74 Å². The summed E-state index contributed by atoms with van der Waals surface area (Å²) in [5.41, 5.74) is 4.82. The molecule has 1 aromatic carbocycles. The Morgan fingerprint density at radius 1 is 1.17 bits per heavy atom. The molecule has 0 atom stereocenters. The summed E-state index contributed by atoms with van der Waals surface area (Å²) in [6.45, 7) is 7.38. The van der Waals surface area contributed by atoms with Crippen LogP contribution in [0.2, 0.25) is 0 Å². The van der Waals surface area contributed by atoms with Crippen molar-refractivity contribution in [3.05, 3.63) is 53.7 Å². The number of aryl methyl sites for hydroxylation is 1. The zero-order valence-electron chi connectivity index (χ0n) is 16.6. The van der Waals surface area contributed by atoms with Crippen LogP contribution in [0.15, 0.2) is 48.0 Å². The molecule has 4 aromatic rings. The summed E-state index contributed by atoms with van der Waals surface area (Å²) in [5.74, 6) is 1.06. The van der Waals surface area contributed by atoms with Crippen LogP contribution in [0, 0.1) is 6.92 Å². The van der Waals surface area contributed by atoms with Gasteiger partial charge in [-0.05, 0) is 52.0 Å². The van der Waals surface area contributed by atoms with Crippen LogP contribution in [0.25, 0.3) is 27.3 Å². The number of hydrogen-bond acceptors (Lipinski definition) is 6. The van der Waals surface area contributed by atoms with Crippen molar-refractivity contribution in [2.24, 2.45) is 0 Å². The average molecular weight is 407 g/mol. The second kappa shape index (κ2) is 7.29. The first-order chi connectivity index (χ1) is 13.8. The fourth-order valence-corrected chi connectivity index (χ4v) is 3.61. The highest BCUT2D eigenvalue weighted by molar-refractivity contribution is 7.16. The lowest BCUT2D eigenvalue weighted by atomic mass is 10.1. The van der Waals surface area contributed by atoms with Crippen LogP contribution in [-0.4, -0.2) is 31.4 Å². The Bertz CT molecular complexity index is 1190. The number of aromatic nitrogens is 4. The summed E-state index contributed by atoms with van der Waals surface area (Å²) < 4.78 is 8.15. The van der Waals surface area contributed by atoms with Gasteiger partial charge in [0.2, 0.25) is 0 Å². The molecule has 7 nitrogen and oxygen atoms in total. The van der Waals surface area contributed by atoms with E-state index < -0.39 is 11.7 Å². The highest BCUT2D eigenvalue weighted by atomic mass is 32.1. The second-order valence-corrected chi connectivity index (χ2v) is 8.51. The molecule has 29 heavy (non-hydrogen) atoms. The van der Waals surface area contributed by atoms with E-state index in [1.165, 1.54) is 0 Å². The minimum absolute atomic E-state index is 0.391. The fourth-order valence-electron chi connectivity index (χ4n) is 2.89. The second-order valence-electron chi connectivity index (χ2n) is 7.63. The molecule has 4 rings (SSSR count). The van der Waals surface area contributed by atoms with Crippen LogP contribution >= 0.6 is 11.3 Å². The first-order valence-corrected chi connectivity index (χ1v) is 10.0. The molecule has 0 radical (unpaired) electrons. The Kier molecular flexibility index (Phi) is 4.79. The monoisotopic (exact) mass is 407 g/mol.